The van der Waals surface area contributed by atoms with Crippen molar-refractivity contribution >= 4 is 11.6 Å². The summed E-state index contributed by atoms with van der Waals surface area (Å²) in [5.74, 6) is -0.0557. The van der Waals surface area contributed by atoms with Crippen molar-refractivity contribution < 1.29 is 4.79 Å². The number of rotatable bonds is 2. The van der Waals surface area contributed by atoms with Gasteiger partial charge in [-0.3, -0.25) is 9.48 Å². The first kappa shape index (κ1) is 13.7. The molecule has 0 saturated heterocycles. The van der Waals surface area contributed by atoms with E-state index in [1.807, 2.05) is 30.9 Å². The second kappa shape index (κ2) is 5.24. The molecule has 5 nitrogen and oxygen atoms in total. The molecule has 3 N–H and O–H groups in total. The van der Waals surface area contributed by atoms with E-state index in [-0.39, 0.29) is 11.9 Å². The third kappa shape index (κ3) is 2.51. The van der Waals surface area contributed by atoms with E-state index >= 15 is 0 Å². The molecule has 0 fully saturated rings. The van der Waals surface area contributed by atoms with Gasteiger partial charge in [0.25, 0.3) is 5.91 Å². The molecular weight excluding hydrogens is 264 g/mol. The van der Waals surface area contributed by atoms with Crippen molar-refractivity contribution in [2.24, 2.45) is 7.05 Å². The smallest absolute Gasteiger partial charge is 0.251 e. The highest BCUT2D eigenvalue weighted by molar-refractivity contribution is 5.95. The van der Waals surface area contributed by atoms with Gasteiger partial charge >= 0.3 is 0 Å². The van der Waals surface area contributed by atoms with Crippen LogP contribution in [0.5, 0.6) is 0 Å². The van der Waals surface area contributed by atoms with Crippen LogP contribution in [0.3, 0.4) is 0 Å². The molecule has 1 heterocycles. The SMILES string of the molecule is Cc1cc(C(=O)NC2CCCc3c2cnn3C)ccc1N. The molecule has 2 aromatic rings. The average molecular weight is 284 g/mol. The van der Waals surface area contributed by atoms with Crippen LogP contribution in [0, 0.1) is 6.92 Å². The van der Waals surface area contributed by atoms with Gasteiger partial charge in [-0.05, 0) is 49.9 Å². The molecule has 1 aliphatic rings. The number of hydrogen-bond donors (Lipinski definition) is 2. The first-order valence-electron chi connectivity index (χ1n) is 7.24. The van der Waals surface area contributed by atoms with Gasteiger partial charge in [-0.2, -0.15) is 5.10 Å². The maximum absolute atomic E-state index is 12.4. The lowest BCUT2D eigenvalue weighted by atomic mass is 9.92. The Balaban J connectivity index is 1.81. The molecule has 1 unspecified atom stereocenters. The number of nitrogens with two attached hydrogens (primary N) is 1. The van der Waals surface area contributed by atoms with Gasteiger partial charge in [0.05, 0.1) is 12.2 Å². The summed E-state index contributed by atoms with van der Waals surface area (Å²) >= 11 is 0. The quantitative estimate of drug-likeness (QED) is 0.830. The Labute approximate surface area is 124 Å². The second-order valence-corrected chi connectivity index (χ2v) is 5.66. The Morgan fingerprint density at radius 2 is 2.29 bits per heavy atom. The van der Waals surface area contributed by atoms with Crippen molar-refractivity contribution in [2.75, 3.05) is 5.73 Å². The van der Waals surface area contributed by atoms with E-state index in [1.54, 1.807) is 12.1 Å². The fraction of sp³-hybridized carbons (Fsp3) is 0.375. The topological polar surface area (TPSA) is 72.9 Å². The van der Waals surface area contributed by atoms with Crippen LogP contribution in [0.25, 0.3) is 0 Å². The summed E-state index contributed by atoms with van der Waals surface area (Å²) in [6.07, 6.45) is 4.92. The van der Waals surface area contributed by atoms with Gasteiger partial charge in [0.1, 0.15) is 0 Å². The molecule has 0 saturated carbocycles. The Kier molecular flexibility index (Phi) is 3.41. The van der Waals surface area contributed by atoms with Crippen LogP contribution in [0.1, 0.15) is 46.1 Å². The standard InChI is InChI=1S/C16H20N4O/c1-10-8-11(6-7-13(10)17)16(21)19-14-4-3-5-15-12(14)9-18-20(15)2/h6-9,14H,3-5,17H2,1-2H3,(H,19,21). The third-order valence-corrected chi connectivity index (χ3v) is 4.21. The Morgan fingerprint density at radius 3 is 3.05 bits per heavy atom. The first-order chi connectivity index (χ1) is 10.1. The number of aromatic nitrogens is 2. The summed E-state index contributed by atoms with van der Waals surface area (Å²) in [6.45, 7) is 1.91. The summed E-state index contributed by atoms with van der Waals surface area (Å²) in [6, 6.07) is 5.43. The third-order valence-electron chi connectivity index (χ3n) is 4.21. The number of benzene rings is 1. The van der Waals surface area contributed by atoms with E-state index in [0.29, 0.717) is 11.3 Å². The summed E-state index contributed by atoms with van der Waals surface area (Å²) in [5.41, 5.74) is 10.4. The summed E-state index contributed by atoms with van der Waals surface area (Å²) in [7, 11) is 1.95. The molecule has 0 aliphatic heterocycles. The van der Waals surface area contributed by atoms with Crippen LogP contribution in [0.2, 0.25) is 0 Å². The molecular formula is C16H20N4O. The van der Waals surface area contributed by atoms with E-state index in [2.05, 4.69) is 10.4 Å². The molecule has 0 spiro atoms. The van der Waals surface area contributed by atoms with Gasteiger partial charge in [0, 0.05) is 29.6 Å². The highest BCUT2D eigenvalue weighted by atomic mass is 16.1. The lowest BCUT2D eigenvalue weighted by molar-refractivity contribution is 0.0932. The number of carbonyl (C=O) groups is 1. The molecule has 21 heavy (non-hydrogen) atoms. The molecule has 1 amide bonds. The number of amides is 1. The summed E-state index contributed by atoms with van der Waals surface area (Å²) in [4.78, 5) is 12.4. The lowest BCUT2D eigenvalue weighted by Gasteiger charge is -2.24. The zero-order chi connectivity index (χ0) is 15.0. The maximum Gasteiger partial charge on any atom is 0.251 e. The number of nitrogens with zero attached hydrogens (tertiary/aromatic N) is 2. The van der Waals surface area contributed by atoms with Crippen molar-refractivity contribution in [1.29, 1.82) is 0 Å². The van der Waals surface area contributed by atoms with Gasteiger partial charge in [-0.15, -0.1) is 0 Å². The molecule has 0 radical (unpaired) electrons. The number of nitrogens with one attached hydrogen (secondary N) is 1. The maximum atomic E-state index is 12.4. The molecule has 1 aromatic carbocycles. The molecule has 1 aliphatic carbocycles. The molecule has 110 valence electrons. The van der Waals surface area contributed by atoms with Gasteiger partial charge in [0.2, 0.25) is 0 Å². The highest BCUT2D eigenvalue weighted by Gasteiger charge is 2.25. The normalized spacial score (nSPS) is 17.3. The van der Waals surface area contributed by atoms with E-state index < -0.39 is 0 Å². The van der Waals surface area contributed by atoms with Gasteiger partial charge in [-0.25, -0.2) is 0 Å². The van der Waals surface area contributed by atoms with Crippen LogP contribution in [-0.2, 0) is 13.5 Å². The van der Waals surface area contributed by atoms with E-state index in [1.165, 1.54) is 5.69 Å². The van der Waals surface area contributed by atoms with Crippen molar-refractivity contribution in [1.82, 2.24) is 15.1 Å². The highest BCUT2D eigenvalue weighted by Crippen LogP contribution is 2.29. The van der Waals surface area contributed by atoms with Crippen molar-refractivity contribution in [3.63, 3.8) is 0 Å². The minimum atomic E-state index is -0.0557. The predicted octanol–water partition coefficient (Wildman–Crippen LogP) is 2.12. The summed E-state index contributed by atoms with van der Waals surface area (Å²) in [5, 5.41) is 7.42. The largest absolute Gasteiger partial charge is 0.399 e. The number of anilines is 1. The summed E-state index contributed by atoms with van der Waals surface area (Å²) < 4.78 is 1.90. The number of nitrogen functional groups attached to an aromatic ring is 1. The Bertz CT molecular complexity index is 690. The van der Waals surface area contributed by atoms with E-state index in [0.717, 1.165) is 30.4 Å². The fourth-order valence-electron chi connectivity index (χ4n) is 2.91. The van der Waals surface area contributed by atoms with Crippen LogP contribution in [0.4, 0.5) is 5.69 Å². The fourth-order valence-corrected chi connectivity index (χ4v) is 2.91. The molecule has 3 rings (SSSR count). The number of hydrogen-bond acceptors (Lipinski definition) is 3. The van der Waals surface area contributed by atoms with Crippen LogP contribution < -0.4 is 11.1 Å². The molecule has 5 heteroatoms. The lowest BCUT2D eigenvalue weighted by Crippen LogP contribution is -2.31. The van der Waals surface area contributed by atoms with Crippen molar-refractivity contribution in [3.8, 4) is 0 Å². The van der Waals surface area contributed by atoms with Crippen LogP contribution in [-0.4, -0.2) is 15.7 Å². The minimum absolute atomic E-state index is 0.0489. The zero-order valence-corrected chi connectivity index (χ0v) is 12.4. The molecule has 1 aromatic heterocycles. The predicted molar refractivity (Wildman–Crippen MR) is 81.9 cm³/mol. The first-order valence-corrected chi connectivity index (χ1v) is 7.24. The van der Waals surface area contributed by atoms with Gasteiger partial charge in [0.15, 0.2) is 0 Å². The van der Waals surface area contributed by atoms with Crippen molar-refractivity contribution in [3.05, 3.63) is 46.8 Å². The van der Waals surface area contributed by atoms with Gasteiger partial charge in [-0.1, -0.05) is 0 Å². The minimum Gasteiger partial charge on any atom is -0.399 e. The zero-order valence-electron chi connectivity index (χ0n) is 12.4. The number of fused-ring (bicyclic) bond motifs is 1. The molecule has 0 bridgehead atoms. The monoisotopic (exact) mass is 284 g/mol. The second-order valence-electron chi connectivity index (χ2n) is 5.66. The number of carbonyl (C=O) groups excluding carboxylic acids is 1. The van der Waals surface area contributed by atoms with Crippen LogP contribution in [0.15, 0.2) is 24.4 Å². The Morgan fingerprint density at radius 1 is 1.48 bits per heavy atom. The van der Waals surface area contributed by atoms with Crippen LogP contribution >= 0.6 is 0 Å². The van der Waals surface area contributed by atoms with E-state index in [9.17, 15) is 4.79 Å². The average Bonchev–Trinajstić information content (AvgIpc) is 2.85. The van der Waals surface area contributed by atoms with Gasteiger partial charge < -0.3 is 11.1 Å². The van der Waals surface area contributed by atoms with Crippen molar-refractivity contribution in [2.45, 2.75) is 32.2 Å². The molecule has 1 atom stereocenters. The van der Waals surface area contributed by atoms with E-state index in [4.69, 9.17) is 5.73 Å². The number of aryl methyl sites for hydroxylation is 2. The Hall–Kier alpha value is -2.30.